The Balaban J connectivity index is 1.66. The monoisotopic (exact) mass is 397 g/mol. The number of nitrogens with zero attached hydrogens (tertiary/aromatic N) is 4. The number of fused-ring (bicyclic) bond motifs is 3. The van der Waals surface area contributed by atoms with E-state index in [1.54, 1.807) is 29.3 Å². The number of pyridine rings is 1. The highest BCUT2D eigenvalue weighted by Gasteiger charge is 2.36. The summed E-state index contributed by atoms with van der Waals surface area (Å²) in [5, 5.41) is 11.3. The van der Waals surface area contributed by atoms with E-state index in [-0.39, 0.29) is 5.69 Å². The molecule has 0 saturated carbocycles. The Labute approximate surface area is 152 Å². The van der Waals surface area contributed by atoms with Gasteiger partial charge in [-0.15, -0.1) is 0 Å². The first-order valence-electron chi connectivity index (χ1n) is 8.04. The van der Waals surface area contributed by atoms with Gasteiger partial charge in [0.05, 0.1) is 34.7 Å². The molecular weight excluding hydrogens is 383 g/mol. The van der Waals surface area contributed by atoms with E-state index in [1.165, 1.54) is 0 Å². The Morgan fingerprint density at radius 1 is 1.26 bits per heavy atom. The van der Waals surface area contributed by atoms with Gasteiger partial charge in [0, 0.05) is 23.5 Å². The van der Waals surface area contributed by atoms with E-state index in [2.05, 4.69) is 20.3 Å². The molecule has 1 aliphatic carbocycles. The van der Waals surface area contributed by atoms with Crippen LogP contribution in [0, 0.1) is 0 Å². The molecule has 0 aliphatic heterocycles. The molecule has 0 bridgehead atoms. The van der Waals surface area contributed by atoms with E-state index < -0.39 is 27.5 Å². The Morgan fingerprint density at radius 3 is 2.78 bits per heavy atom. The number of hydrogen-bond acceptors (Lipinski definition) is 5. The van der Waals surface area contributed by atoms with Crippen LogP contribution in [-0.2, 0) is 28.4 Å². The first kappa shape index (κ1) is 17.7. The number of sulfone groups is 1. The first-order valence-corrected chi connectivity index (χ1v) is 9.86. The van der Waals surface area contributed by atoms with Crippen molar-refractivity contribution >= 4 is 9.84 Å². The minimum absolute atomic E-state index is 0.203. The second-order valence-corrected chi connectivity index (χ2v) is 8.39. The molecule has 11 heteroatoms. The zero-order chi connectivity index (χ0) is 19.2. The maximum absolute atomic E-state index is 12.5. The van der Waals surface area contributed by atoms with Gasteiger partial charge in [-0.05, 0) is 25.0 Å². The van der Waals surface area contributed by atoms with E-state index in [0.29, 0.717) is 24.1 Å². The number of hydrogen-bond donors (Lipinski definition) is 1. The Bertz CT molecular complexity index is 1090. The highest BCUT2D eigenvalue weighted by molar-refractivity contribution is 7.90. The average Bonchev–Trinajstić information content (AvgIpc) is 3.17. The maximum atomic E-state index is 12.5. The van der Waals surface area contributed by atoms with Gasteiger partial charge in [0.25, 0.3) is 0 Å². The van der Waals surface area contributed by atoms with Gasteiger partial charge in [0.1, 0.15) is 5.75 Å². The summed E-state index contributed by atoms with van der Waals surface area (Å²) in [7, 11) is -4.34. The highest BCUT2D eigenvalue weighted by Crippen LogP contribution is 2.34. The van der Waals surface area contributed by atoms with Crippen LogP contribution in [0.3, 0.4) is 0 Å². The van der Waals surface area contributed by atoms with Gasteiger partial charge in [-0.3, -0.25) is 10.1 Å². The van der Waals surface area contributed by atoms with E-state index in [0.717, 1.165) is 16.9 Å². The van der Waals surface area contributed by atoms with Crippen LogP contribution in [0.2, 0.25) is 0 Å². The molecule has 0 atom stereocenters. The summed E-state index contributed by atoms with van der Waals surface area (Å²) < 4.78 is 62.7. The van der Waals surface area contributed by atoms with Gasteiger partial charge in [0.2, 0.25) is 0 Å². The summed E-state index contributed by atoms with van der Waals surface area (Å²) in [6.07, 6.45) is 1.29. The number of aryl methyl sites for hydroxylation is 1. The molecule has 0 fully saturated rings. The number of H-pyrrole nitrogens is 1. The van der Waals surface area contributed by atoms with Crippen LogP contribution < -0.4 is 0 Å². The first-order chi connectivity index (χ1) is 12.7. The van der Waals surface area contributed by atoms with Crippen LogP contribution in [0.1, 0.15) is 17.0 Å². The molecule has 0 amide bonds. The number of rotatable bonds is 4. The topological polar surface area (TPSA) is 93.5 Å². The van der Waals surface area contributed by atoms with Crippen LogP contribution in [0.25, 0.3) is 16.9 Å². The molecule has 142 valence electrons. The van der Waals surface area contributed by atoms with Crippen molar-refractivity contribution in [1.29, 1.82) is 0 Å². The van der Waals surface area contributed by atoms with Gasteiger partial charge in [-0.25, -0.2) is 13.1 Å². The van der Waals surface area contributed by atoms with Crippen molar-refractivity contribution in [2.45, 2.75) is 24.8 Å². The lowest BCUT2D eigenvalue weighted by atomic mass is 9.94. The second-order valence-electron chi connectivity index (χ2n) is 6.32. The summed E-state index contributed by atoms with van der Waals surface area (Å²) >= 11 is 0. The third-order valence-corrected chi connectivity index (χ3v) is 5.76. The van der Waals surface area contributed by atoms with E-state index in [1.807, 2.05) is 6.07 Å². The molecule has 1 aliphatic rings. The molecule has 0 aromatic carbocycles. The number of halogens is 3. The largest absolute Gasteiger partial charge is 0.402 e. The standard InChI is InChI=1S/C16H14F3N5O2S/c17-16(18,19)9-27(25,26)8-14-11-3-4-13-12(15(11)22-21-14)7-24(23-13)10-2-1-5-20-6-10/h1-2,5-7H,3-4,8-9H2,(H,21,22). The third-order valence-electron chi connectivity index (χ3n) is 4.27. The van der Waals surface area contributed by atoms with Gasteiger partial charge in [-0.2, -0.15) is 23.4 Å². The second kappa shape index (κ2) is 6.19. The molecule has 4 rings (SSSR count). The molecular formula is C16H14F3N5O2S. The van der Waals surface area contributed by atoms with Gasteiger partial charge in [-0.1, -0.05) is 0 Å². The number of nitrogens with one attached hydrogen (secondary N) is 1. The Morgan fingerprint density at radius 2 is 2.07 bits per heavy atom. The highest BCUT2D eigenvalue weighted by atomic mass is 32.2. The average molecular weight is 397 g/mol. The predicted molar refractivity (Wildman–Crippen MR) is 89.9 cm³/mol. The molecule has 7 nitrogen and oxygen atoms in total. The third kappa shape index (κ3) is 3.59. The van der Waals surface area contributed by atoms with Crippen molar-refractivity contribution in [3.8, 4) is 16.9 Å². The smallest absolute Gasteiger partial charge is 0.281 e. The van der Waals surface area contributed by atoms with Crippen LogP contribution in [0.15, 0.2) is 30.7 Å². The summed E-state index contributed by atoms with van der Waals surface area (Å²) in [5.41, 5.74) is 3.65. The fourth-order valence-corrected chi connectivity index (χ4v) is 4.47. The minimum Gasteiger partial charge on any atom is -0.281 e. The molecule has 3 heterocycles. The van der Waals surface area contributed by atoms with Gasteiger partial charge >= 0.3 is 6.18 Å². The SMILES string of the molecule is O=S(=O)(Cc1[nH]nc2c1CCc1nn(-c3cccnc3)cc1-2)CC(F)(F)F. The number of aromatic nitrogens is 5. The summed E-state index contributed by atoms with van der Waals surface area (Å²) in [5.74, 6) is -2.57. The molecule has 1 N–H and O–H groups in total. The lowest BCUT2D eigenvalue weighted by Crippen LogP contribution is -2.24. The zero-order valence-electron chi connectivity index (χ0n) is 13.9. The van der Waals surface area contributed by atoms with E-state index in [9.17, 15) is 21.6 Å². The quantitative estimate of drug-likeness (QED) is 0.729. The lowest BCUT2D eigenvalue weighted by molar-refractivity contribution is -0.106. The van der Waals surface area contributed by atoms with Crippen LogP contribution >= 0.6 is 0 Å². The zero-order valence-corrected chi connectivity index (χ0v) is 14.7. The fraction of sp³-hybridized carbons (Fsp3) is 0.312. The molecule has 3 aromatic heterocycles. The van der Waals surface area contributed by atoms with Gasteiger partial charge in [0.15, 0.2) is 9.84 Å². The van der Waals surface area contributed by atoms with Crippen molar-refractivity contribution < 1.29 is 21.6 Å². The molecule has 3 aromatic rings. The molecule has 0 saturated heterocycles. The number of aromatic amines is 1. The van der Waals surface area contributed by atoms with Gasteiger partial charge < -0.3 is 0 Å². The fourth-order valence-electron chi connectivity index (χ4n) is 3.19. The van der Waals surface area contributed by atoms with E-state index >= 15 is 0 Å². The maximum Gasteiger partial charge on any atom is 0.402 e. The molecule has 0 spiro atoms. The van der Waals surface area contributed by atoms with Crippen LogP contribution in [0.5, 0.6) is 0 Å². The predicted octanol–water partition coefficient (Wildman–Crippen LogP) is 2.23. The van der Waals surface area contributed by atoms with Crippen molar-refractivity contribution in [3.05, 3.63) is 47.7 Å². The normalized spacial score (nSPS) is 14.0. The summed E-state index contributed by atoms with van der Waals surface area (Å²) in [4.78, 5) is 4.04. The molecule has 0 radical (unpaired) electrons. The summed E-state index contributed by atoms with van der Waals surface area (Å²) in [6, 6.07) is 3.62. The van der Waals surface area contributed by atoms with E-state index in [4.69, 9.17) is 0 Å². The molecule has 27 heavy (non-hydrogen) atoms. The van der Waals surface area contributed by atoms with Crippen molar-refractivity contribution in [2.24, 2.45) is 0 Å². The van der Waals surface area contributed by atoms with Crippen LogP contribution in [0.4, 0.5) is 13.2 Å². The van der Waals surface area contributed by atoms with Crippen LogP contribution in [-0.4, -0.2) is 45.3 Å². The molecule has 0 unspecified atom stereocenters. The Hall–Kier alpha value is -2.69. The van der Waals surface area contributed by atoms with Crippen molar-refractivity contribution in [2.75, 3.05) is 5.75 Å². The Kier molecular flexibility index (Phi) is 4.06. The minimum atomic E-state index is -4.77. The lowest BCUT2D eigenvalue weighted by Gasteiger charge is -2.11. The summed E-state index contributed by atoms with van der Waals surface area (Å²) in [6.45, 7) is 0. The van der Waals surface area contributed by atoms with Crippen molar-refractivity contribution in [1.82, 2.24) is 25.0 Å². The van der Waals surface area contributed by atoms with Crippen molar-refractivity contribution in [3.63, 3.8) is 0 Å². The number of alkyl halides is 3.